The zero-order valence-corrected chi connectivity index (χ0v) is 12.7. The molecule has 2 heterocycles. The van der Waals surface area contributed by atoms with Gasteiger partial charge < -0.3 is 24.9 Å². The van der Waals surface area contributed by atoms with Gasteiger partial charge in [-0.1, -0.05) is 0 Å². The van der Waals surface area contributed by atoms with Crippen molar-refractivity contribution in [3.63, 3.8) is 0 Å². The fourth-order valence-electron chi connectivity index (χ4n) is 2.33. The lowest BCUT2D eigenvalue weighted by Gasteiger charge is -2.18. The molecule has 1 aliphatic rings. The molecule has 1 aromatic carbocycles. The van der Waals surface area contributed by atoms with E-state index in [2.05, 4.69) is 10.6 Å². The Morgan fingerprint density at radius 1 is 1.33 bits per heavy atom. The number of carbonyl (C=O) groups excluding carboxylic acids is 2. The van der Waals surface area contributed by atoms with Gasteiger partial charge in [0.1, 0.15) is 22.8 Å². The van der Waals surface area contributed by atoms with E-state index in [1.165, 1.54) is 12.1 Å². The van der Waals surface area contributed by atoms with Gasteiger partial charge in [0.05, 0.1) is 12.2 Å². The number of hydrogen-bond donors (Lipinski definition) is 3. The lowest BCUT2D eigenvalue weighted by atomic mass is 10.1. The second-order valence-electron chi connectivity index (χ2n) is 5.22. The molecule has 2 amide bonds. The van der Waals surface area contributed by atoms with Crippen LogP contribution < -0.4 is 15.4 Å². The highest BCUT2D eigenvalue weighted by molar-refractivity contribution is 5.99. The van der Waals surface area contributed by atoms with Gasteiger partial charge >= 0.3 is 5.97 Å². The molecule has 0 saturated heterocycles. The van der Waals surface area contributed by atoms with Crippen LogP contribution in [0.4, 0.5) is 5.69 Å². The maximum Gasteiger partial charge on any atom is 0.339 e. The van der Waals surface area contributed by atoms with Crippen LogP contribution in [-0.2, 0) is 11.3 Å². The number of carboxylic acid groups (broad SMARTS) is 1. The third-order valence-corrected chi connectivity index (χ3v) is 3.50. The molecule has 3 N–H and O–H groups in total. The van der Waals surface area contributed by atoms with Gasteiger partial charge in [-0.3, -0.25) is 9.59 Å². The van der Waals surface area contributed by atoms with Crippen LogP contribution in [0, 0.1) is 6.92 Å². The van der Waals surface area contributed by atoms with Crippen LogP contribution >= 0.6 is 0 Å². The number of benzene rings is 1. The molecule has 24 heavy (non-hydrogen) atoms. The molecule has 0 spiro atoms. The fraction of sp³-hybridized carbons (Fsp3) is 0.188. The Hall–Kier alpha value is -3.29. The number of aromatic carboxylic acids is 1. The summed E-state index contributed by atoms with van der Waals surface area (Å²) in [7, 11) is 0. The molecule has 0 aliphatic carbocycles. The molecule has 2 aromatic rings. The van der Waals surface area contributed by atoms with E-state index in [4.69, 9.17) is 14.3 Å². The third-order valence-electron chi connectivity index (χ3n) is 3.50. The molecular weight excluding hydrogens is 316 g/mol. The minimum Gasteiger partial charge on any atom is -0.482 e. The SMILES string of the molecule is Cc1oc(CNC(=O)c2ccc3c(c2)OCC(=O)N3)cc1C(=O)O. The number of anilines is 1. The number of aryl methyl sites for hydroxylation is 1. The maximum atomic E-state index is 12.2. The summed E-state index contributed by atoms with van der Waals surface area (Å²) in [5.41, 5.74) is 0.930. The molecular formula is C16H14N2O6. The van der Waals surface area contributed by atoms with Crippen molar-refractivity contribution in [1.82, 2.24) is 5.32 Å². The Morgan fingerprint density at radius 3 is 2.83 bits per heavy atom. The highest BCUT2D eigenvalue weighted by Gasteiger charge is 2.18. The van der Waals surface area contributed by atoms with Crippen LogP contribution in [0.5, 0.6) is 5.75 Å². The second-order valence-corrected chi connectivity index (χ2v) is 5.22. The predicted octanol–water partition coefficient (Wildman–Crippen LogP) is 1.55. The van der Waals surface area contributed by atoms with Gasteiger partial charge in [-0.15, -0.1) is 0 Å². The summed E-state index contributed by atoms with van der Waals surface area (Å²) < 4.78 is 10.6. The number of furan rings is 1. The number of carboxylic acids is 1. The molecule has 1 aliphatic heterocycles. The van der Waals surface area contributed by atoms with Crippen LogP contribution in [0.15, 0.2) is 28.7 Å². The van der Waals surface area contributed by atoms with Gasteiger partial charge in [0.15, 0.2) is 6.61 Å². The van der Waals surface area contributed by atoms with Crippen molar-refractivity contribution in [3.05, 3.63) is 46.9 Å². The number of hydrogen-bond acceptors (Lipinski definition) is 5. The van der Waals surface area contributed by atoms with Gasteiger partial charge in [0.25, 0.3) is 11.8 Å². The lowest BCUT2D eigenvalue weighted by molar-refractivity contribution is -0.118. The number of ether oxygens (including phenoxy) is 1. The summed E-state index contributed by atoms with van der Waals surface area (Å²) in [6.45, 7) is 1.51. The van der Waals surface area contributed by atoms with Crippen molar-refractivity contribution in [3.8, 4) is 5.75 Å². The van der Waals surface area contributed by atoms with E-state index in [-0.39, 0.29) is 36.3 Å². The van der Waals surface area contributed by atoms with Gasteiger partial charge in [0.2, 0.25) is 0 Å². The number of rotatable bonds is 4. The summed E-state index contributed by atoms with van der Waals surface area (Å²) >= 11 is 0. The second kappa shape index (κ2) is 6.07. The summed E-state index contributed by atoms with van der Waals surface area (Å²) in [6, 6.07) is 6.05. The van der Waals surface area contributed by atoms with Crippen LogP contribution in [0.1, 0.15) is 32.2 Å². The topological polar surface area (TPSA) is 118 Å². The van der Waals surface area contributed by atoms with Crippen molar-refractivity contribution in [1.29, 1.82) is 0 Å². The van der Waals surface area contributed by atoms with Crippen LogP contribution in [0.3, 0.4) is 0 Å². The zero-order valence-electron chi connectivity index (χ0n) is 12.7. The largest absolute Gasteiger partial charge is 0.482 e. The average Bonchev–Trinajstić information content (AvgIpc) is 2.93. The van der Waals surface area contributed by atoms with Gasteiger partial charge in [-0.25, -0.2) is 4.79 Å². The van der Waals surface area contributed by atoms with Crippen molar-refractivity contribution >= 4 is 23.5 Å². The molecule has 0 fully saturated rings. The Balaban J connectivity index is 1.68. The first-order valence-corrected chi connectivity index (χ1v) is 7.11. The molecule has 0 saturated carbocycles. The lowest BCUT2D eigenvalue weighted by Crippen LogP contribution is -2.26. The van der Waals surface area contributed by atoms with E-state index < -0.39 is 5.97 Å². The van der Waals surface area contributed by atoms with Gasteiger partial charge in [0, 0.05) is 5.56 Å². The Kier molecular flexibility index (Phi) is 3.95. The summed E-state index contributed by atoms with van der Waals surface area (Å²) in [5.74, 6) is -0.650. The summed E-state index contributed by atoms with van der Waals surface area (Å²) in [6.07, 6.45) is 0. The smallest absolute Gasteiger partial charge is 0.339 e. The first-order chi connectivity index (χ1) is 11.4. The number of fused-ring (bicyclic) bond motifs is 1. The van der Waals surface area contributed by atoms with Crippen LogP contribution in [0.25, 0.3) is 0 Å². The Morgan fingerprint density at radius 2 is 2.12 bits per heavy atom. The van der Waals surface area contributed by atoms with E-state index in [1.54, 1.807) is 19.1 Å². The standard InChI is InChI=1S/C16H14N2O6/c1-8-11(16(21)22)5-10(24-8)6-17-15(20)9-2-3-12-13(4-9)23-7-14(19)18-12/h2-5H,6-7H2,1H3,(H,17,20)(H,18,19)(H,21,22). The number of carbonyl (C=O) groups is 3. The van der Waals surface area contributed by atoms with Crippen molar-refractivity contribution in [2.24, 2.45) is 0 Å². The molecule has 3 rings (SSSR count). The normalized spacial score (nSPS) is 12.8. The van der Waals surface area contributed by atoms with E-state index in [9.17, 15) is 14.4 Å². The van der Waals surface area contributed by atoms with Crippen molar-refractivity contribution in [2.75, 3.05) is 11.9 Å². The number of nitrogens with one attached hydrogen (secondary N) is 2. The molecule has 8 nitrogen and oxygen atoms in total. The van der Waals surface area contributed by atoms with Crippen LogP contribution in [-0.4, -0.2) is 29.5 Å². The zero-order chi connectivity index (χ0) is 17.3. The minimum atomic E-state index is -1.08. The highest BCUT2D eigenvalue weighted by atomic mass is 16.5. The van der Waals surface area contributed by atoms with Crippen molar-refractivity contribution in [2.45, 2.75) is 13.5 Å². The summed E-state index contributed by atoms with van der Waals surface area (Å²) in [5, 5.41) is 14.3. The van der Waals surface area contributed by atoms with E-state index in [0.717, 1.165) is 0 Å². The van der Waals surface area contributed by atoms with Gasteiger partial charge in [-0.2, -0.15) is 0 Å². The first kappa shape index (κ1) is 15.6. The number of amides is 2. The fourth-order valence-corrected chi connectivity index (χ4v) is 2.33. The van der Waals surface area contributed by atoms with Crippen molar-refractivity contribution < 1.29 is 28.6 Å². The molecule has 0 bridgehead atoms. The third kappa shape index (κ3) is 3.07. The Bertz CT molecular complexity index is 839. The minimum absolute atomic E-state index is 0.0572. The predicted molar refractivity (Wildman–Crippen MR) is 82.1 cm³/mol. The molecule has 124 valence electrons. The highest BCUT2D eigenvalue weighted by Crippen LogP contribution is 2.28. The quantitative estimate of drug-likeness (QED) is 0.783. The molecule has 0 unspecified atom stereocenters. The summed E-state index contributed by atoms with van der Waals surface area (Å²) in [4.78, 5) is 34.4. The molecule has 8 heteroatoms. The van der Waals surface area contributed by atoms with E-state index in [0.29, 0.717) is 22.8 Å². The van der Waals surface area contributed by atoms with E-state index in [1.807, 2.05) is 0 Å². The maximum absolute atomic E-state index is 12.2. The van der Waals surface area contributed by atoms with E-state index >= 15 is 0 Å². The average molecular weight is 330 g/mol. The first-order valence-electron chi connectivity index (χ1n) is 7.11. The van der Waals surface area contributed by atoms with Crippen LogP contribution in [0.2, 0.25) is 0 Å². The Labute approximate surface area is 136 Å². The van der Waals surface area contributed by atoms with Gasteiger partial charge in [-0.05, 0) is 31.2 Å². The molecule has 1 aromatic heterocycles. The molecule has 0 atom stereocenters. The monoisotopic (exact) mass is 330 g/mol. The molecule has 0 radical (unpaired) electrons.